The first-order chi connectivity index (χ1) is 19.4. The fraction of sp³-hybridized carbons (Fsp3) is 0.375. The molecule has 0 saturated heterocycles. The Kier molecular flexibility index (Phi) is 11.1. The van der Waals surface area contributed by atoms with Gasteiger partial charge < -0.3 is 10.2 Å². The van der Waals surface area contributed by atoms with Crippen molar-refractivity contribution in [3.05, 3.63) is 101 Å². The molecule has 2 amide bonds. The normalized spacial score (nSPS) is 12.2. The van der Waals surface area contributed by atoms with Crippen LogP contribution >= 0.6 is 0 Å². The highest BCUT2D eigenvalue weighted by Gasteiger charge is 2.35. The summed E-state index contributed by atoms with van der Waals surface area (Å²) in [5.74, 6) is -0.740. The lowest BCUT2D eigenvalue weighted by Crippen LogP contribution is -2.54. The highest BCUT2D eigenvalue weighted by molar-refractivity contribution is 7.90. The first-order valence-electron chi connectivity index (χ1n) is 13.9. The van der Waals surface area contributed by atoms with Crippen LogP contribution in [0.4, 0.5) is 5.69 Å². The standard InChI is InChI=1S/C32H42N4O4S/c1-7-18-33-32(38)30(21-27-13-9-8-10-14-27)35(22-28-15-11-12-24(2)19-28)31(37)23-36(41(39,40)34(5)6)29-20-25(3)16-17-26(29)4/h8-17,19-20,30H,7,18,21-23H2,1-6H3,(H,33,38). The second-order valence-electron chi connectivity index (χ2n) is 10.6. The maximum absolute atomic E-state index is 14.3. The number of aryl methyl sites for hydroxylation is 3. The molecule has 0 spiro atoms. The summed E-state index contributed by atoms with van der Waals surface area (Å²) in [6, 6.07) is 22.0. The predicted octanol–water partition coefficient (Wildman–Crippen LogP) is 4.39. The fourth-order valence-corrected chi connectivity index (χ4v) is 5.73. The van der Waals surface area contributed by atoms with Crippen LogP contribution in [0.25, 0.3) is 0 Å². The molecular formula is C32H42N4O4S. The molecular weight excluding hydrogens is 536 g/mol. The predicted molar refractivity (Wildman–Crippen MR) is 165 cm³/mol. The Bertz CT molecular complexity index is 1440. The Balaban J connectivity index is 2.12. The Labute approximate surface area is 245 Å². The molecule has 0 aliphatic carbocycles. The average Bonchev–Trinajstić information content (AvgIpc) is 2.94. The lowest BCUT2D eigenvalue weighted by atomic mass is 10.0. The molecule has 9 heteroatoms. The lowest BCUT2D eigenvalue weighted by Gasteiger charge is -2.35. The van der Waals surface area contributed by atoms with Gasteiger partial charge in [0.05, 0.1) is 5.69 Å². The minimum Gasteiger partial charge on any atom is -0.354 e. The van der Waals surface area contributed by atoms with E-state index in [-0.39, 0.29) is 18.9 Å². The number of benzene rings is 3. The molecule has 0 aliphatic heterocycles. The molecule has 0 saturated carbocycles. The van der Waals surface area contributed by atoms with E-state index in [9.17, 15) is 18.0 Å². The summed E-state index contributed by atoms with van der Waals surface area (Å²) in [6.45, 7) is 7.80. The first kappa shape index (κ1) is 31.8. The van der Waals surface area contributed by atoms with E-state index in [2.05, 4.69) is 5.32 Å². The van der Waals surface area contributed by atoms with Crippen molar-refractivity contribution in [2.75, 3.05) is 31.5 Å². The van der Waals surface area contributed by atoms with Crippen LogP contribution in [0.2, 0.25) is 0 Å². The van der Waals surface area contributed by atoms with Gasteiger partial charge in [0.1, 0.15) is 12.6 Å². The van der Waals surface area contributed by atoms with Gasteiger partial charge >= 0.3 is 10.2 Å². The molecule has 0 bridgehead atoms. The van der Waals surface area contributed by atoms with Crippen molar-refractivity contribution in [1.82, 2.24) is 14.5 Å². The minimum absolute atomic E-state index is 0.153. The number of hydrogen-bond donors (Lipinski definition) is 1. The summed E-state index contributed by atoms with van der Waals surface area (Å²) in [4.78, 5) is 29.5. The van der Waals surface area contributed by atoms with Crippen molar-refractivity contribution in [3.63, 3.8) is 0 Å². The summed E-state index contributed by atoms with van der Waals surface area (Å²) in [6.07, 6.45) is 1.04. The van der Waals surface area contributed by atoms with E-state index in [1.807, 2.05) is 94.4 Å². The molecule has 8 nitrogen and oxygen atoms in total. The average molecular weight is 579 g/mol. The van der Waals surface area contributed by atoms with Crippen LogP contribution in [-0.2, 0) is 32.8 Å². The van der Waals surface area contributed by atoms with Crippen LogP contribution in [0.3, 0.4) is 0 Å². The van der Waals surface area contributed by atoms with Crippen LogP contribution in [0.1, 0.15) is 41.2 Å². The maximum Gasteiger partial charge on any atom is 0.304 e. The van der Waals surface area contributed by atoms with E-state index in [1.165, 1.54) is 19.0 Å². The van der Waals surface area contributed by atoms with Gasteiger partial charge in [0.15, 0.2) is 0 Å². The van der Waals surface area contributed by atoms with Crippen LogP contribution in [0.5, 0.6) is 0 Å². The van der Waals surface area contributed by atoms with Crippen molar-refractivity contribution in [2.45, 2.75) is 53.1 Å². The Morgan fingerprint density at radius 2 is 1.51 bits per heavy atom. The van der Waals surface area contributed by atoms with Gasteiger partial charge in [-0.1, -0.05) is 79.2 Å². The maximum atomic E-state index is 14.3. The minimum atomic E-state index is -4.04. The van der Waals surface area contributed by atoms with Gasteiger partial charge in [0, 0.05) is 33.6 Å². The summed E-state index contributed by atoms with van der Waals surface area (Å²) in [5, 5.41) is 2.96. The molecule has 0 heterocycles. The van der Waals surface area contributed by atoms with Crippen LogP contribution < -0.4 is 9.62 Å². The summed E-state index contributed by atoms with van der Waals surface area (Å²) in [5.41, 5.74) is 4.80. The molecule has 41 heavy (non-hydrogen) atoms. The van der Waals surface area contributed by atoms with Crippen LogP contribution in [-0.4, -0.2) is 62.7 Å². The third kappa shape index (κ3) is 8.41. The zero-order chi connectivity index (χ0) is 30.2. The highest BCUT2D eigenvalue weighted by atomic mass is 32.2. The molecule has 1 N–H and O–H groups in total. The van der Waals surface area contributed by atoms with E-state index < -0.39 is 28.7 Å². The van der Waals surface area contributed by atoms with Gasteiger partial charge in [-0.25, -0.2) is 4.31 Å². The van der Waals surface area contributed by atoms with Crippen LogP contribution in [0.15, 0.2) is 72.8 Å². The van der Waals surface area contributed by atoms with Crippen molar-refractivity contribution in [3.8, 4) is 0 Å². The largest absolute Gasteiger partial charge is 0.354 e. The van der Waals surface area contributed by atoms with Crippen molar-refractivity contribution < 1.29 is 18.0 Å². The number of amides is 2. The molecule has 3 rings (SSSR count). The van der Waals surface area contributed by atoms with Gasteiger partial charge in [0.25, 0.3) is 0 Å². The SMILES string of the molecule is CCCNC(=O)C(Cc1ccccc1)N(Cc1cccc(C)c1)C(=O)CN(c1cc(C)ccc1C)S(=O)(=O)N(C)C. The molecule has 0 radical (unpaired) electrons. The zero-order valence-electron chi connectivity index (χ0n) is 24.9. The molecule has 1 unspecified atom stereocenters. The first-order valence-corrected chi connectivity index (χ1v) is 15.3. The number of carbonyl (C=O) groups excluding carboxylic acids is 2. The molecule has 3 aromatic rings. The quantitative estimate of drug-likeness (QED) is 0.326. The number of nitrogens with zero attached hydrogens (tertiary/aromatic N) is 3. The van der Waals surface area contributed by atoms with Gasteiger partial charge in [0.2, 0.25) is 11.8 Å². The smallest absolute Gasteiger partial charge is 0.304 e. The monoisotopic (exact) mass is 578 g/mol. The molecule has 1 atom stereocenters. The molecule has 220 valence electrons. The molecule has 0 fully saturated rings. The third-order valence-corrected chi connectivity index (χ3v) is 8.71. The number of carbonyl (C=O) groups is 2. The van der Waals surface area contributed by atoms with E-state index in [0.29, 0.717) is 12.2 Å². The summed E-state index contributed by atoms with van der Waals surface area (Å²) < 4.78 is 29.4. The number of hydrogen-bond acceptors (Lipinski definition) is 4. The van der Waals surface area contributed by atoms with Gasteiger partial charge in [-0.05, 0) is 55.5 Å². The van der Waals surface area contributed by atoms with Crippen molar-refractivity contribution in [2.24, 2.45) is 0 Å². The zero-order valence-corrected chi connectivity index (χ0v) is 25.7. The Morgan fingerprint density at radius 3 is 2.15 bits per heavy atom. The fourth-order valence-electron chi connectivity index (χ4n) is 4.62. The molecule has 0 aliphatic rings. The summed E-state index contributed by atoms with van der Waals surface area (Å²) >= 11 is 0. The second kappa shape index (κ2) is 14.3. The molecule has 3 aromatic carbocycles. The van der Waals surface area contributed by atoms with E-state index in [1.54, 1.807) is 6.07 Å². The number of nitrogens with one attached hydrogen (secondary N) is 1. The van der Waals surface area contributed by atoms with Crippen molar-refractivity contribution >= 4 is 27.7 Å². The Morgan fingerprint density at radius 1 is 0.854 bits per heavy atom. The van der Waals surface area contributed by atoms with E-state index in [4.69, 9.17) is 0 Å². The second-order valence-corrected chi connectivity index (χ2v) is 12.7. The van der Waals surface area contributed by atoms with Gasteiger partial charge in [-0.15, -0.1) is 0 Å². The van der Waals surface area contributed by atoms with E-state index >= 15 is 0 Å². The Hall–Kier alpha value is -3.69. The van der Waals surface area contributed by atoms with E-state index in [0.717, 1.165) is 42.8 Å². The van der Waals surface area contributed by atoms with Gasteiger partial charge in [-0.2, -0.15) is 12.7 Å². The van der Waals surface area contributed by atoms with Crippen molar-refractivity contribution in [1.29, 1.82) is 0 Å². The van der Waals surface area contributed by atoms with Gasteiger partial charge in [-0.3, -0.25) is 9.59 Å². The number of anilines is 1. The highest BCUT2D eigenvalue weighted by Crippen LogP contribution is 2.26. The molecule has 0 aromatic heterocycles. The number of rotatable bonds is 13. The topological polar surface area (TPSA) is 90.0 Å². The van der Waals surface area contributed by atoms with Crippen LogP contribution in [0, 0.1) is 20.8 Å². The third-order valence-electron chi connectivity index (χ3n) is 6.91. The summed E-state index contributed by atoms with van der Waals surface area (Å²) in [7, 11) is -1.15. The lowest BCUT2D eigenvalue weighted by molar-refractivity contribution is -0.140.